The Morgan fingerprint density at radius 3 is 2.84 bits per heavy atom. The van der Waals surface area contributed by atoms with Crippen molar-refractivity contribution in [3.8, 4) is 0 Å². The van der Waals surface area contributed by atoms with Crippen molar-refractivity contribution >= 4 is 23.5 Å². The summed E-state index contributed by atoms with van der Waals surface area (Å²) in [6.45, 7) is 0.967. The van der Waals surface area contributed by atoms with E-state index in [9.17, 15) is 19.5 Å². The molecule has 11 nitrogen and oxygen atoms in total. The highest BCUT2D eigenvalue weighted by Crippen LogP contribution is 2.39. The van der Waals surface area contributed by atoms with Gasteiger partial charge in [0.2, 0.25) is 5.91 Å². The summed E-state index contributed by atoms with van der Waals surface area (Å²) in [6, 6.07) is 6.61. The number of fused-ring (bicyclic) bond motifs is 1. The van der Waals surface area contributed by atoms with Gasteiger partial charge < -0.3 is 21.1 Å². The molecule has 1 fully saturated rings. The molecular formula is C26H29N7O4. The monoisotopic (exact) mass is 503 g/mol. The minimum atomic E-state index is -1.05. The van der Waals surface area contributed by atoms with Gasteiger partial charge in [-0.3, -0.25) is 23.9 Å². The Labute approximate surface area is 213 Å². The van der Waals surface area contributed by atoms with E-state index < -0.39 is 23.5 Å². The lowest BCUT2D eigenvalue weighted by molar-refractivity contribution is -0.137. The van der Waals surface area contributed by atoms with Crippen LogP contribution in [0.1, 0.15) is 60.2 Å². The van der Waals surface area contributed by atoms with Gasteiger partial charge in [0.05, 0.1) is 24.7 Å². The highest BCUT2D eigenvalue weighted by molar-refractivity contribution is 5.77. The van der Waals surface area contributed by atoms with E-state index in [1.165, 1.54) is 16.3 Å². The molecule has 5 rings (SSSR count). The maximum Gasteiger partial charge on any atom is 0.305 e. The SMILES string of the molecule is O=C(O)C[C@H](NC(=O)Cn1c(C2CC2)cnc(NCc2ccc3c(n2)NCCC3)c1=O)c1cccnc1. The summed E-state index contributed by atoms with van der Waals surface area (Å²) in [7, 11) is 0. The van der Waals surface area contributed by atoms with E-state index in [0.29, 0.717) is 17.8 Å². The van der Waals surface area contributed by atoms with Gasteiger partial charge >= 0.3 is 5.97 Å². The van der Waals surface area contributed by atoms with Crippen LogP contribution in [0.5, 0.6) is 0 Å². The summed E-state index contributed by atoms with van der Waals surface area (Å²) in [5.74, 6) is -0.311. The molecule has 2 aliphatic rings. The first kappa shape index (κ1) is 24.4. The average molecular weight is 504 g/mol. The van der Waals surface area contributed by atoms with E-state index in [-0.39, 0.29) is 24.7 Å². The van der Waals surface area contributed by atoms with Crippen LogP contribution in [0.2, 0.25) is 0 Å². The number of rotatable bonds is 10. The van der Waals surface area contributed by atoms with Crippen molar-refractivity contribution in [3.05, 3.63) is 75.7 Å². The Bertz CT molecular complexity index is 1350. The van der Waals surface area contributed by atoms with Crippen LogP contribution in [0.3, 0.4) is 0 Å². The summed E-state index contributed by atoms with van der Waals surface area (Å²) >= 11 is 0. The molecule has 4 N–H and O–H groups in total. The number of pyridine rings is 2. The molecule has 0 radical (unpaired) electrons. The van der Waals surface area contributed by atoms with Gasteiger partial charge in [-0.15, -0.1) is 0 Å². The van der Waals surface area contributed by atoms with E-state index in [1.54, 1.807) is 24.5 Å². The van der Waals surface area contributed by atoms with Crippen LogP contribution in [0, 0.1) is 0 Å². The number of carbonyl (C=O) groups excluding carboxylic acids is 1. The first-order valence-electron chi connectivity index (χ1n) is 12.5. The molecule has 3 aromatic rings. The van der Waals surface area contributed by atoms with Gasteiger partial charge in [-0.2, -0.15) is 0 Å². The molecule has 0 saturated heterocycles. The van der Waals surface area contributed by atoms with Crippen molar-refractivity contribution < 1.29 is 14.7 Å². The van der Waals surface area contributed by atoms with Crippen molar-refractivity contribution in [1.29, 1.82) is 0 Å². The first-order chi connectivity index (χ1) is 18.0. The minimum Gasteiger partial charge on any atom is -0.481 e. The molecule has 1 atom stereocenters. The zero-order valence-corrected chi connectivity index (χ0v) is 20.3. The van der Waals surface area contributed by atoms with Gasteiger partial charge in [-0.1, -0.05) is 12.1 Å². The molecule has 37 heavy (non-hydrogen) atoms. The lowest BCUT2D eigenvalue weighted by atomic mass is 10.1. The maximum atomic E-state index is 13.4. The number of aromatic nitrogens is 4. The van der Waals surface area contributed by atoms with Crippen molar-refractivity contribution in [3.63, 3.8) is 0 Å². The third-order valence-corrected chi connectivity index (χ3v) is 6.57. The summed E-state index contributed by atoms with van der Waals surface area (Å²) in [6.07, 6.45) is 8.38. The quantitative estimate of drug-likeness (QED) is 0.326. The van der Waals surface area contributed by atoms with Crippen LogP contribution in [-0.2, 0) is 29.1 Å². The van der Waals surface area contributed by atoms with E-state index in [1.807, 2.05) is 12.1 Å². The third-order valence-electron chi connectivity index (χ3n) is 6.57. The number of nitrogens with one attached hydrogen (secondary N) is 3. The van der Waals surface area contributed by atoms with Crippen molar-refractivity contribution in [2.45, 2.75) is 57.2 Å². The van der Waals surface area contributed by atoms with Crippen molar-refractivity contribution in [2.75, 3.05) is 17.2 Å². The Hall–Kier alpha value is -4.28. The van der Waals surface area contributed by atoms with Crippen molar-refractivity contribution in [2.24, 2.45) is 0 Å². The second kappa shape index (κ2) is 10.8. The fraction of sp³-hybridized carbons (Fsp3) is 0.385. The lowest BCUT2D eigenvalue weighted by Gasteiger charge is -2.19. The molecule has 1 aliphatic carbocycles. The highest BCUT2D eigenvalue weighted by Gasteiger charge is 2.29. The molecule has 4 heterocycles. The fourth-order valence-corrected chi connectivity index (χ4v) is 4.52. The Balaban J connectivity index is 1.33. The van der Waals surface area contributed by atoms with Gasteiger partial charge in [0.1, 0.15) is 12.4 Å². The summed E-state index contributed by atoms with van der Waals surface area (Å²) in [5, 5.41) is 18.5. The van der Waals surface area contributed by atoms with Gasteiger partial charge in [0, 0.05) is 36.7 Å². The molecule has 0 aromatic carbocycles. The number of amides is 1. The van der Waals surface area contributed by atoms with Gasteiger partial charge in [-0.05, 0) is 48.9 Å². The number of carboxylic acids is 1. The van der Waals surface area contributed by atoms with Crippen LogP contribution in [0.15, 0.2) is 47.7 Å². The highest BCUT2D eigenvalue weighted by atomic mass is 16.4. The molecule has 0 unspecified atom stereocenters. The molecule has 0 bridgehead atoms. The first-order valence-corrected chi connectivity index (χ1v) is 12.5. The molecular weight excluding hydrogens is 474 g/mol. The van der Waals surface area contributed by atoms with Crippen LogP contribution in [0.25, 0.3) is 0 Å². The standard InChI is InChI=1S/C26H29N7O4/c34-22(32-20(11-23(35)36)18-4-1-9-27-12-18)15-33-21(16-5-6-16)14-30-25(26(33)37)29-13-19-8-7-17-3-2-10-28-24(17)31-19/h1,4,7-9,12,14,16,20H,2-3,5-6,10-11,13,15H2,(H,28,31)(H,29,30)(H,32,34)(H,35,36)/t20-/m0/s1. The number of hydrogen-bond acceptors (Lipinski definition) is 8. The smallest absolute Gasteiger partial charge is 0.305 e. The number of carboxylic acid groups (broad SMARTS) is 1. The zero-order valence-electron chi connectivity index (χ0n) is 20.3. The minimum absolute atomic E-state index is 0.138. The Morgan fingerprint density at radius 1 is 1.22 bits per heavy atom. The number of hydrogen-bond donors (Lipinski definition) is 4. The molecule has 0 spiro atoms. The van der Waals surface area contributed by atoms with Crippen LogP contribution >= 0.6 is 0 Å². The maximum absolute atomic E-state index is 13.4. The Kier molecular flexibility index (Phi) is 7.11. The van der Waals surface area contributed by atoms with E-state index in [4.69, 9.17) is 0 Å². The second-order valence-corrected chi connectivity index (χ2v) is 9.40. The van der Waals surface area contributed by atoms with Crippen LogP contribution < -0.4 is 21.5 Å². The third kappa shape index (κ3) is 5.93. The van der Waals surface area contributed by atoms with E-state index >= 15 is 0 Å². The van der Waals surface area contributed by atoms with Gasteiger partial charge in [0.15, 0.2) is 5.82 Å². The zero-order chi connectivity index (χ0) is 25.8. The van der Waals surface area contributed by atoms with Crippen LogP contribution in [-0.4, -0.2) is 43.0 Å². The number of aryl methyl sites for hydroxylation is 1. The number of nitrogens with zero attached hydrogens (tertiary/aromatic N) is 4. The molecule has 1 saturated carbocycles. The van der Waals surface area contributed by atoms with E-state index in [2.05, 4.69) is 30.9 Å². The molecule has 1 amide bonds. The van der Waals surface area contributed by atoms with Crippen molar-refractivity contribution in [1.82, 2.24) is 24.8 Å². The summed E-state index contributed by atoms with van der Waals surface area (Å²) in [5.41, 5.74) is 2.85. The number of aliphatic carboxylic acids is 1. The van der Waals surface area contributed by atoms with Gasteiger partial charge in [0.25, 0.3) is 5.56 Å². The van der Waals surface area contributed by atoms with Crippen LogP contribution in [0.4, 0.5) is 11.6 Å². The summed E-state index contributed by atoms with van der Waals surface area (Å²) in [4.78, 5) is 50.8. The van der Waals surface area contributed by atoms with E-state index in [0.717, 1.165) is 43.7 Å². The predicted molar refractivity (Wildman–Crippen MR) is 136 cm³/mol. The fourth-order valence-electron chi connectivity index (χ4n) is 4.52. The molecule has 192 valence electrons. The molecule has 11 heteroatoms. The number of carbonyl (C=O) groups is 2. The average Bonchev–Trinajstić information content (AvgIpc) is 3.74. The van der Waals surface area contributed by atoms with Gasteiger partial charge in [-0.25, -0.2) is 9.97 Å². The normalized spacial score (nSPS) is 15.2. The lowest BCUT2D eigenvalue weighted by Crippen LogP contribution is -2.37. The second-order valence-electron chi connectivity index (χ2n) is 9.40. The molecule has 1 aliphatic heterocycles. The molecule has 3 aromatic heterocycles. The summed E-state index contributed by atoms with van der Waals surface area (Å²) < 4.78 is 1.44. The predicted octanol–water partition coefficient (Wildman–Crippen LogP) is 2.21. The largest absolute Gasteiger partial charge is 0.481 e. The topological polar surface area (TPSA) is 151 Å². The Morgan fingerprint density at radius 2 is 2.08 bits per heavy atom. The number of anilines is 2.